The van der Waals surface area contributed by atoms with Crippen LogP contribution < -0.4 is 10.9 Å². The van der Waals surface area contributed by atoms with Crippen LogP contribution in [0.4, 0.5) is 0 Å². The average molecular weight is 481 g/mol. The van der Waals surface area contributed by atoms with Crippen molar-refractivity contribution in [1.29, 1.82) is 0 Å². The molecule has 0 bridgehead atoms. The molecule has 3 aromatic heterocycles. The monoisotopic (exact) mass is 480 g/mol. The van der Waals surface area contributed by atoms with E-state index in [0.29, 0.717) is 29.0 Å². The molecule has 0 unspecified atom stereocenters. The Labute approximate surface area is 208 Å². The van der Waals surface area contributed by atoms with E-state index in [1.807, 2.05) is 84.5 Å². The molecule has 1 amide bonds. The van der Waals surface area contributed by atoms with Crippen molar-refractivity contribution >= 4 is 16.8 Å². The topological polar surface area (TPSA) is 86.7 Å². The van der Waals surface area contributed by atoms with Gasteiger partial charge in [-0.25, -0.2) is 9.36 Å². The number of carbonyl (C=O) groups excluding carboxylic acids is 1. The first-order valence-electron chi connectivity index (χ1n) is 12.1. The van der Waals surface area contributed by atoms with Gasteiger partial charge in [0.1, 0.15) is 16.9 Å². The summed E-state index contributed by atoms with van der Waals surface area (Å²) >= 11 is 0. The molecule has 182 valence electrons. The van der Waals surface area contributed by atoms with Gasteiger partial charge in [0.25, 0.3) is 5.56 Å². The fraction of sp³-hybridized carbons (Fsp3) is 0.214. The summed E-state index contributed by atoms with van der Waals surface area (Å²) < 4.78 is 4.88. The Hall–Kier alpha value is -4.46. The molecule has 1 N–H and O–H groups in total. The van der Waals surface area contributed by atoms with Crippen molar-refractivity contribution in [3.63, 3.8) is 0 Å². The third kappa shape index (κ3) is 4.45. The predicted octanol–water partition coefficient (Wildman–Crippen LogP) is 3.99. The number of para-hydroxylation sites is 1. The second kappa shape index (κ2) is 10.0. The van der Waals surface area contributed by atoms with E-state index in [9.17, 15) is 9.59 Å². The lowest BCUT2D eigenvalue weighted by molar-refractivity contribution is -0.124. The molecule has 5 rings (SSSR count). The zero-order valence-electron chi connectivity index (χ0n) is 20.3. The summed E-state index contributed by atoms with van der Waals surface area (Å²) in [6, 6.07) is 22.8. The van der Waals surface area contributed by atoms with Crippen LogP contribution in [0.5, 0.6) is 0 Å². The number of hydrogen-bond acceptors (Lipinski definition) is 4. The van der Waals surface area contributed by atoms with Crippen LogP contribution in [0.3, 0.4) is 0 Å². The molecule has 1 atom stereocenters. The molecule has 0 radical (unpaired) electrons. The van der Waals surface area contributed by atoms with E-state index >= 15 is 0 Å². The highest BCUT2D eigenvalue weighted by molar-refractivity contribution is 5.88. The van der Waals surface area contributed by atoms with Crippen LogP contribution in [0.25, 0.3) is 22.4 Å². The SMILES string of the molecule is Cc1nn([C@H](C)C(=O)NCCCc2ccccc2)c(=O)c2c(-n3cccc3)n(-c3ccccc3)nc12. The van der Waals surface area contributed by atoms with E-state index in [0.717, 1.165) is 18.5 Å². The second-order valence-corrected chi connectivity index (χ2v) is 8.78. The van der Waals surface area contributed by atoms with Gasteiger partial charge in [0.05, 0.1) is 11.4 Å². The molecule has 0 fully saturated rings. The standard InChI is InChI=1S/C28H28N6O2/c1-20-25-24(27(32-18-9-10-19-32)34(31-25)23-15-7-4-8-16-23)28(36)33(30-20)21(2)26(35)29-17-11-14-22-12-5-3-6-13-22/h3-10,12-13,15-16,18-19,21H,11,14,17H2,1-2H3,(H,29,35)/t21-/m1/s1. The molecular weight excluding hydrogens is 452 g/mol. The van der Waals surface area contributed by atoms with E-state index in [1.54, 1.807) is 11.6 Å². The van der Waals surface area contributed by atoms with E-state index in [1.165, 1.54) is 10.2 Å². The van der Waals surface area contributed by atoms with Gasteiger partial charge in [-0.05, 0) is 56.5 Å². The number of rotatable bonds is 8. The van der Waals surface area contributed by atoms with Crippen LogP contribution in [-0.4, -0.2) is 36.6 Å². The van der Waals surface area contributed by atoms with Crippen LogP contribution >= 0.6 is 0 Å². The first-order valence-corrected chi connectivity index (χ1v) is 12.1. The first kappa shape index (κ1) is 23.3. The quantitative estimate of drug-likeness (QED) is 0.340. The summed E-state index contributed by atoms with van der Waals surface area (Å²) in [6.07, 6.45) is 5.43. The Bertz CT molecular complexity index is 1540. The van der Waals surface area contributed by atoms with Gasteiger partial charge in [0.2, 0.25) is 5.91 Å². The number of nitrogens with zero attached hydrogens (tertiary/aromatic N) is 5. The van der Waals surface area contributed by atoms with E-state index in [2.05, 4.69) is 22.5 Å². The third-order valence-corrected chi connectivity index (χ3v) is 6.26. The zero-order valence-corrected chi connectivity index (χ0v) is 20.3. The molecule has 36 heavy (non-hydrogen) atoms. The molecule has 8 heteroatoms. The lowest BCUT2D eigenvalue weighted by atomic mass is 10.1. The average Bonchev–Trinajstić information content (AvgIpc) is 3.58. The number of nitrogens with one attached hydrogen (secondary N) is 1. The molecule has 0 aliphatic carbocycles. The number of amides is 1. The summed E-state index contributed by atoms with van der Waals surface area (Å²) in [5.41, 5.74) is 2.79. The Balaban J connectivity index is 1.47. The van der Waals surface area contributed by atoms with Gasteiger partial charge in [-0.15, -0.1) is 0 Å². The Kier molecular flexibility index (Phi) is 6.49. The molecule has 2 aromatic carbocycles. The molecule has 5 aromatic rings. The number of aryl methyl sites for hydroxylation is 2. The van der Waals surface area contributed by atoms with Crippen LogP contribution in [0.2, 0.25) is 0 Å². The van der Waals surface area contributed by atoms with Crippen molar-refractivity contribution in [2.75, 3.05) is 6.54 Å². The first-order chi connectivity index (χ1) is 17.5. The minimum atomic E-state index is -0.769. The van der Waals surface area contributed by atoms with Gasteiger partial charge < -0.3 is 9.88 Å². The zero-order chi connectivity index (χ0) is 25.1. The van der Waals surface area contributed by atoms with Crippen molar-refractivity contribution in [1.82, 2.24) is 29.4 Å². The molecule has 0 saturated heterocycles. The number of benzene rings is 2. The van der Waals surface area contributed by atoms with Gasteiger partial charge in [-0.1, -0.05) is 48.5 Å². The Morgan fingerprint density at radius 3 is 2.31 bits per heavy atom. The van der Waals surface area contributed by atoms with E-state index in [-0.39, 0.29) is 11.5 Å². The largest absolute Gasteiger partial charge is 0.354 e. The van der Waals surface area contributed by atoms with Crippen LogP contribution in [0.15, 0.2) is 90.0 Å². The van der Waals surface area contributed by atoms with Crippen molar-refractivity contribution in [3.05, 3.63) is 107 Å². The fourth-order valence-electron chi connectivity index (χ4n) is 4.36. The maximum absolute atomic E-state index is 13.8. The van der Waals surface area contributed by atoms with Gasteiger partial charge in [-0.3, -0.25) is 9.59 Å². The summed E-state index contributed by atoms with van der Waals surface area (Å²) in [5, 5.41) is 12.6. The lowest BCUT2D eigenvalue weighted by Crippen LogP contribution is -2.38. The molecule has 8 nitrogen and oxygen atoms in total. The maximum Gasteiger partial charge on any atom is 0.280 e. The maximum atomic E-state index is 13.8. The predicted molar refractivity (Wildman–Crippen MR) is 140 cm³/mol. The van der Waals surface area contributed by atoms with Crippen molar-refractivity contribution in [2.24, 2.45) is 0 Å². The molecule has 0 spiro atoms. The van der Waals surface area contributed by atoms with Crippen LogP contribution in [-0.2, 0) is 11.2 Å². The molecule has 0 saturated carbocycles. The number of carbonyl (C=O) groups is 1. The highest BCUT2D eigenvalue weighted by Crippen LogP contribution is 2.25. The number of hydrogen-bond donors (Lipinski definition) is 1. The highest BCUT2D eigenvalue weighted by Gasteiger charge is 2.25. The Morgan fingerprint density at radius 2 is 1.61 bits per heavy atom. The minimum Gasteiger partial charge on any atom is -0.354 e. The molecule has 3 heterocycles. The fourth-order valence-corrected chi connectivity index (χ4v) is 4.36. The van der Waals surface area contributed by atoms with Gasteiger partial charge in [0.15, 0.2) is 5.82 Å². The smallest absolute Gasteiger partial charge is 0.280 e. The highest BCUT2D eigenvalue weighted by atomic mass is 16.2. The van der Waals surface area contributed by atoms with E-state index in [4.69, 9.17) is 5.10 Å². The number of aromatic nitrogens is 5. The van der Waals surface area contributed by atoms with Crippen LogP contribution in [0.1, 0.15) is 30.6 Å². The summed E-state index contributed by atoms with van der Waals surface area (Å²) in [7, 11) is 0. The van der Waals surface area contributed by atoms with Crippen LogP contribution in [0, 0.1) is 6.92 Å². The molecular formula is C28H28N6O2. The van der Waals surface area contributed by atoms with E-state index < -0.39 is 6.04 Å². The summed E-state index contributed by atoms with van der Waals surface area (Å²) in [6.45, 7) is 4.03. The lowest BCUT2D eigenvalue weighted by Gasteiger charge is -2.15. The Morgan fingerprint density at radius 1 is 0.944 bits per heavy atom. The normalized spacial score (nSPS) is 12.1. The van der Waals surface area contributed by atoms with Gasteiger partial charge >= 0.3 is 0 Å². The molecule has 0 aliphatic rings. The van der Waals surface area contributed by atoms with Gasteiger partial charge in [-0.2, -0.15) is 10.2 Å². The third-order valence-electron chi connectivity index (χ3n) is 6.26. The second-order valence-electron chi connectivity index (χ2n) is 8.78. The summed E-state index contributed by atoms with van der Waals surface area (Å²) in [4.78, 5) is 26.7. The van der Waals surface area contributed by atoms with Crippen molar-refractivity contribution < 1.29 is 4.79 Å². The van der Waals surface area contributed by atoms with Crippen molar-refractivity contribution in [2.45, 2.75) is 32.7 Å². The summed E-state index contributed by atoms with van der Waals surface area (Å²) in [5.74, 6) is 0.371. The van der Waals surface area contributed by atoms with Gasteiger partial charge in [0, 0.05) is 18.9 Å². The number of fused-ring (bicyclic) bond motifs is 1. The molecule has 0 aliphatic heterocycles. The van der Waals surface area contributed by atoms with Crippen molar-refractivity contribution in [3.8, 4) is 11.5 Å². The minimum absolute atomic E-state index is 0.241.